The van der Waals surface area contributed by atoms with Gasteiger partial charge >= 0.3 is 15.9 Å². The molecule has 0 unspecified atom stereocenters. The Balaban J connectivity index is 1.60. The summed E-state index contributed by atoms with van der Waals surface area (Å²) in [6, 6.07) is 6.56. The third kappa shape index (κ3) is 7.87. The molecule has 2 aromatic carbocycles. The predicted octanol–water partition coefficient (Wildman–Crippen LogP) is 11.9. The van der Waals surface area contributed by atoms with E-state index in [0.29, 0.717) is 85.9 Å². The molecule has 2 bridgehead atoms. The molecule has 4 heterocycles. The number of amides is 1. The van der Waals surface area contributed by atoms with Crippen LogP contribution in [0.1, 0.15) is 101 Å². The van der Waals surface area contributed by atoms with Crippen LogP contribution < -0.4 is 9.33 Å². The first-order chi connectivity index (χ1) is 27.8. The van der Waals surface area contributed by atoms with Crippen LogP contribution in [0.2, 0.25) is 21.7 Å². The van der Waals surface area contributed by atoms with Crippen molar-refractivity contribution in [3.8, 4) is 28.5 Å². The van der Waals surface area contributed by atoms with Crippen molar-refractivity contribution in [2.75, 3.05) is 24.2 Å². The summed E-state index contributed by atoms with van der Waals surface area (Å²) < 4.78 is 40.8. The van der Waals surface area contributed by atoms with Crippen LogP contribution in [0, 0.1) is 40.9 Å². The number of benzene rings is 2. The van der Waals surface area contributed by atoms with Crippen LogP contribution in [0.25, 0.3) is 32.9 Å². The van der Waals surface area contributed by atoms with E-state index in [9.17, 15) is 9.90 Å². The Morgan fingerprint density at radius 3 is 2.05 bits per heavy atom. The topological polar surface area (TPSA) is 91.7 Å². The van der Waals surface area contributed by atoms with E-state index in [-0.39, 0.29) is 43.7 Å². The fraction of sp³-hybridized carbons (Fsp3) is 0.565. The number of thioether (sulfide) groups is 1. The van der Waals surface area contributed by atoms with Crippen LogP contribution in [0.15, 0.2) is 35.6 Å². The van der Waals surface area contributed by atoms with Gasteiger partial charge in [0.05, 0.1) is 23.0 Å². The number of nitrogens with zero attached hydrogens (tertiary/aromatic N) is 5. The number of aromatic nitrogens is 3. The van der Waals surface area contributed by atoms with Gasteiger partial charge in [0.2, 0.25) is 0 Å². The molecule has 0 saturated carbocycles. The average molecular weight is 858 g/mol. The van der Waals surface area contributed by atoms with Crippen LogP contribution in [0.5, 0.6) is 5.75 Å². The molecule has 6 rings (SSSR count). The van der Waals surface area contributed by atoms with E-state index in [2.05, 4.69) is 99.4 Å². The summed E-state index contributed by atoms with van der Waals surface area (Å²) in [7, 11) is -2.18. The number of hydrogen-bond donors (Lipinski definition) is 1. The second-order valence-corrected chi connectivity index (χ2v) is 26.1. The Morgan fingerprint density at radius 2 is 1.53 bits per heavy atom. The van der Waals surface area contributed by atoms with Gasteiger partial charge < -0.3 is 14.4 Å². The maximum absolute atomic E-state index is 17.6. The van der Waals surface area contributed by atoms with Gasteiger partial charge in [0.25, 0.3) is 0 Å². The summed E-state index contributed by atoms with van der Waals surface area (Å²) in [5, 5.41) is 11.8. The van der Waals surface area contributed by atoms with Gasteiger partial charge in [-0.15, -0.1) is 5.54 Å². The minimum absolute atomic E-state index is 0.0281. The lowest BCUT2D eigenvalue weighted by Gasteiger charge is -2.43. The van der Waals surface area contributed by atoms with E-state index in [4.69, 9.17) is 19.4 Å². The first kappa shape index (κ1) is 44.8. The van der Waals surface area contributed by atoms with Gasteiger partial charge in [-0.2, -0.15) is 0 Å². The van der Waals surface area contributed by atoms with Crippen LogP contribution in [-0.4, -0.2) is 80.3 Å². The maximum Gasteiger partial charge on any atom is 0.407 e. The highest BCUT2D eigenvalue weighted by molar-refractivity contribution is 7.98. The van der Waals surface area contributed by atoms with E-state index < -0.39 is 25.8 Å². The molecule has 0 aliphatic carbocycles. The molecule has 2 saturated heterocycles. The van der Waals surface area contributed by atoms with Gasteiger partial charge in [0.15, 0.2) is 11.0 Å². The number of halogens is 2. The lowest BCUT2D eigenvalue weighted by molar-refractivity contribution is 0.114. The molecule has 2 atom stereocenters. The SMILES string of the molecule is CSc1nc(N2C[C@H]3CC[C@@H](C2)N3C(=O)O)c2cnc(-c3cc(O[Si]C(C(C)C)(C(C)C)C(C)C)cc4ccc(F)c(C#C[Si](C(C)C)(C(C)C)C(C)C)c34)c(F)c2n1. The molecule has 59 heavy (non-hydrogen) atoms. The highest BCUT2D eigenvalue weighted by atomic mass is 32.2. The Bertz CT molecular complexity index is 2230. The zero-order chi connectivity index (χ0) is 43.3. The normalized spacial score (nSPS) is 17.4. The summed E-state index contributed by atoms with van der Waals surface area (Å²) in [5.41, 5.74) is 5.46. The van der Waals surface area contributed by atoms with Crippen molar-refractivity contribution in [3.63, 3.8) is 0 Å². The summed E-state index contributed by atoms with van der Waals surface area (Å²) in [6.07, 6.45) is 4.07. The van der Waals surface area contributed by atoms with Gasteiger partial charge in [-0.1, -0.05) is 107 Å². The van der Waals surface area contributed by atoms with E-state index in [1.165, 1.54) is 17.8 Å². The van der Waals surface area contributed by atoms with Gasteiger partial charge in [-0.05, 0) is 77.1 Å². The summed E-state index contributed by atoms with van der Waals surface area (Å²) in [4.78, 5) is 30.1. The summed E-state index contributed by atoms with van der Waals surface area (Å²) in [5.74, 6) is 4.38. The fourth-order valence-electron chi connectivity index (χ4n) is 10.8. The van der Waals surface area contributed by atoms with E-state index in [1.54, 1.807) is 23.2 Å². The number of rotatable bonds is 12. The molecule has 2 radical (unpaired) electrons. The minimum Gasteiger partial charge on any atom is -0.540 e. The molecule has 4 aromatic rings. The summed E-state index contributed by atoms with van der Waals surface area (Å²) >= 11 is 1.31. The molecule has 1 amide bonds. The maximum atomic E-state index is 17.6. The number of piperazine rings is 1. The van der Waals surface area contributed by atoms with Gasteiger partial charge in [0.1, 0.15) is 36.7 Å². The monoisotopic (exact) mass is 857 g/mol. The first-order valence-corrected chi connectivity index (χ1v) is 25.6. The lowest BCUT2D eigenvalue weighted by atomic mass is 9.76. The highest BCUT2D eigenvalue weighted by Crippen LogP contribution is 2.50. The van der Waals surface area contributed by atoms with Gasteiger partial charge in [-0.25, -0.2) is 23.5 Å². The van der Waals surface area contributed by atoms with Crippen molar-refractivity contribution >= 4 is 63.2 Å². The molecule has 2 aromatic heterocycles. The zero-order valence-electron chi connectivity index (χ0n) is 37.0. The Kier molecular flexibility index (Phi) is 13.2. The quantitative estimate of drug-likeness (QED) is 0.0652. The average Bonchev–Trinajstić information content (AvgIpc) is 3.44. The minimum atomic E-state index is -2.29. The number of pyridine rings is 1. The number of hydrogen-bond acceptors (Lipinski definition) is 7. The van der Waals surface area contributed by atoms with Crippen molar-refractivity contribution < 1.29 is 23.1 Å². The Hall–Kier alpha value is -3.74. The largest absolute Gasteiger partial charge is 0.540 e. The third-order valence-corrected chi connectivity index (χ3v) is 22.9. The van der Waals surface area contributed by atoms with Crippen LogP contribution in [0.3, 0.4) is 0 Å². The highest BCUT2D eigenvalue weighted by Gasteiger charge is 2.45. The predicted molar refractivity (Wildman–Crippen MR) is 242 cm³/mol. The molecular formula is C46H61F2N5O3SSi2. The molecule has 316 valence electrons. The molecule has 0 spiro atoms. The number of fused-ring (bicyclic) bond motifs is 4. The molecule has 2 aliphatic heterocycles. The first-order valence-electron chi connectivity index (χ1n) is 21.2. The van der Waals surface area contributed by atoms with E-state index in [1.807, 2.05) is 12.3 Å². The second kappa shape index (κ2) is 17.3. The van der Waals surface area contributed by atoms with Crippen LogP contribution in [-0.2, 0) is 0 Å². The van der Waals surface area contributed by atoms with Crippen molar-refractivity contribution in [2.45, 2.75) is 135 Å². The Labute approximate surface area is 357 Å². The number of carbonyl (C=O) groups is 1. The molecule has 2 fully saturated rings. The lowest BCUT2D eigenvalue weighted by Crippen LogP contribution is -2.55. The molecule has 8 nitrogen and oxygen atoms in total. The van der Waals surface area contributed by atoms with Crippen LogP contribution in [0.4, 0.5) is 19.4 Å². The molecule has 1 N–H and O–H groups in total. The van der Waals surface area contributed by atoms with Crippen molar-refractivity contribution in [1.82, 2.24) is 19.9 Å². The standard InChI is InChI=1S/C46H61F2N5O3SSi2/c1-25(2)46(26(3)4,27(5)6)58-56-34-20-31-14-17-38(47)35(18-19-59(28(7)8,29(9)10)30(11)12)39(31)36(21-34)41-40(48)42-37(22-49-41)43(51-44(50-42)57-13)52-23-32-15-16-33(24-52)53(32)45(54)55/h14,17,20-22,25-30,32-33H,15-16,23-24H2,1-13H3,(H,54,55)/t32-,33+. The summed E-state index contributed by atoms with van der Waals surface area (Å²) in [6.45, 7) is 27.7. The van der Waals surface area contributed by atoms with E-state index in [0.717, 1.165) is 12.8 Å². The third-order valence-electron chi connectivity index (χ3n) is 13.6. The number of anilines is 1. The zero-order valence-corrected chi connectivity index (χ0v) is 39.8. The Morgan fingerprint density at radius 1 is 0.932 bits per heavy atom. The number of carboxylic acid groups (broad SMARTS) is 1. The van der Waals surface area contributed by atoms with Gasteiger partial charge in [-0.3, -0.25) is 9.88 Å². The second-order valence-electron chi connectivity index (χ2n) is 18.4. The smallest absolute Gasteiger partial charge is 0.407 e. The molecule has 13 heteroatoms. The van der Waals surface area contributed by atoms with E-state index >= 15 is 8.78 Å². The van der Waals surface area contributed by atoms with Gasteiger partial charge in [0, 0.05) is 35.3 Å². The van der Waals surface area contributed by atoms with Crippen LogP contribution >= 0.6 is 11.8 Å². The molecular weight excluding hydrogens is 797 g/mol. The molecule has 2 aliphatic rings. The van der Waals surface area contributed by atoms with Crippen molar-refractivity contribution in [2.24, 2.45) is 17.8 Å². The van der Waals surface area contributed by atoms with Crippen molar-refractivity contribution in [3.05, 3.63) is 47.7 Å². The fourth-order valence-corrected chi connectivity index (χ4v) is 17.5. The van der Waals surface area contributed by atoms with Crippen molar-refractivity contribution in [1.29, 1.82) is 0 Å².